The smallest absolute Gasteiger partial charge is 0.327 e. The van der Waals surface area contributed by atoms with Gasteiger partial charge in [-0.15, -0.1) is 12.3 Å². The van der Waals surface area contributed by atoms with Crippen molar-refractivity contribution in [1.82, 2.24) is 5.32 Å². The Hall–Kier alpha value is -1.50. The zero-order valence-electron chi connectivity index (χ0n) is 12.2. The number of carboxylic acids is 1. The Morgan fingerprint density at radius 1 is 1.35 bits per heavy atom. The van der Waals surface area contributed by atoms with Crippen molar-refractivity contribution in [1.29, 1.82) is 0 Å². The molecule has 112 valence electrons. The molecule has 1 saturated carbocycles. The number of amides is 1. The van der Waals surface area contributed by atoms with E-state index in [0.717, 1.165) is 31.6 Å². The highest BCUT2D eigenvalue weighted by Crippen LogP contribution is 2.32. The monoisotopic (exact) mass is 279 g/mol. The molecule has 0 spiro atoms. The predicted molar refractivity (Wildman–Crippen MR) is 78.0 cm³/mol. The number of rotatable bonds is 7. The Morgan fingerprint density at radius 3 is 2.50 bits per heavy atom. The van der Waals surface area contributed by atoms with Crippen LogP contribution in [0.3, 0.4) is 0 Å². The van der Waals surface area contributed by atoms with E-state index in [1.807, 2.05) is 0 Å². The van der Waals surface area contributed by atoms with E-state index in [2.05, 4.69) is 18.2 Å². The van der Waals surface area contributed by atoms with Crippen LogP contribution in [0.5, 0.6) is 0 Å². The Balaban J connectivity index is 2.38. The van der Waals surface area contributed by atoms with Gasteiger partial charge in [0.1, 0.15) is 6.04 Å². The minimum Gasteiger partial charge on any atom is -0.480 e. The van der Waals surface area contributed by atoms with Crippen molar-refractivity contribution >= 4 is 11.9 Å². The van der Waals surface area contributed by atoms with Crippen LogP contribution in [0, 0.1) is 24.2 Å². The average molecular weight is 279 g/mol. The molecule has 2 N–H and O–H groups in total. The Bertz CT molecular complexity index is 364. The number of carbonyl (C=O) groups excluding carboxylic acids is 1. The van der Waals surface area contributed by atoms with Gasteiger partial charge in [-0.1, -0.05) is 26.2 Å². The van der Waals surface area contributed by atoms with E-state index in [4.69, 9.17) is 11.5 Å². The molecule has 0 radical (unpaired) electrons. The van der Waals surface area contributed by atoms with Crippen LogP contribution in [0.25, 0.3) is 0 Å². The van der Waals surface area contributed by atoms with E-state index < -0.39 is 12.0 Å². The normalized spacial score (nSPS) is 23.6. The first-order valence-electron chi connectivity index (χ1n) is 7.55. The van der Waals surface area contributed by atoms with Crippen LogP contribution in [0.2, 0.25) is 0 Å². The second-order valence-corrected chi connectivity index (χ2v) is 5.67. The van der Waals surface area contributed by atoms with Gasteiger partial charge in [-0.3, -0.25) is 4.79 Å². The Morgan fingerprint density at radius 2 is 2.00 bits per heavy atom. The lowest BCUT2D eigenvalue weighted by Crippen LogP contribution is -2.44. The number of terminal acetylenes is 1. The Kier molecular flexibility index (Phi) is 7.14. The third kappa shape index (κ3) is 5.24. The van der Waals surface area contributed by atoms with E-state index in [1.165, 1.54) is 19.3 Å². The molecule has 1 aliphatic carbocycles. The van der Waals surface area contributed by atoms with Crippen molar-refractivity contribution in [3.8, 4) is 12.3 Å². The standard InChI is InChI=1S/C16H25NO3/c1-3-5-7-12-8-10-13(11-9-12)15(18)17-14(6-4-2)16(19)20/h2,12-14H,3,5-11H2,1H3,(H,17,18)(H,19,20). The van der Waals surface area contributed by atoms with Gasteiger partial charge >= 0.3 is 5.97 Å². The fourth-order valence-corrected chi connectivity index (χ4v) is 2.81. The molecule has 0 aromatic rings. The lowest BCUT2D eigenvalue weighted by atomic mass is 9.79. The van der Waals surface area contributed by atoms with Crippen LogP contribution in [0.15, 0.2) is 0 Å². The highest BCUT2D eigenvalue weighted by molar-refractivity contribution is 5.85. The number of carboxylic acid groups (broad SMARTS) is 1. The summed E-state index contributed by atoms with van der Waals surface area (Å²) in [5.41, 5.74) is 0. The van der Waals surface area contributed by atoms with Crippen LogP contribution in [0.4, 0.5) is 0 Å². The SMILES string of the molecule is C#CCC(NC(=O)C1CCC(CCCC)CC1)C(=O)O. The van der Waals surface area contributed by atoms with Gasteiger partial charge in [0.15, 0.2) is 0 Å². The Labute approximate surface area is 121 Å². The van der Waals surface area contributed by atoms with Gasteiger partial charge in [0.25, 0.3) is 0 Å². The summed E-state index contributed by atoms with van der Waals surface area (Å²) >= 11 is 0. The molecule has 1 amide bonds. The number of nitrogens with one attached hydrogen (secondary N) is 1. The summed E-state index contributed by atoms with van der Waals surface area (Å²) in [6, 6.07) is -0.953. The molecular formula is C16H25NO3. The van der Waals surface area contributed by atoms with Crippen molar-refractivity contribution in [2.75, 3.05) is 0 Å². The number of carbonyl (C=O) groups is 2. The summed E-state index contributed by atoms with van der Waals surface area (Å²) in [6.45, 7) is 2.19. The lowest BCUT2D eigenvalue weighted by molar-refractivity contribution is -0.142. The van der Waals surface area contributed by atoms with Crippen LogP contribution >= 0.6 is 0 Å². The van der Waals surface area contributed by atoms with Gasteiger partial charge in [0.05, 0.1) is 0 Å². The molecule has 4 heteroatoms. The van der Waals surface area contributed by atoms with Crippen molar-refractivity contribution in [3.63, 3.8) is 0 Å². The van der Waals surface area contributed by atoms with E-state index >= 15 is 0 Å². The maximum atomic E-state index is 12.1. The lowest BCUT2D eigenvalue weighted by Gasteiger charge is -2.28. The fourth-order valence-electron chi connectivity index (χ4n) is 2.81. The van der Waals surface area contributed by atoms with E-state index in [0.29, 0.717) is 0 Å². The molecule has 1 fully saturated rings. The summed E-state index contributed by atoms with van der Waals surface area (Å²) < 4.78 is 0. The average Bonchev–Trinajstić information content (AvgIpc) is 2.45. The molecule has 0 bridgehead atoms. The number of unbranched alkanes of at least 4 members (excludes halogenated alkanes) is 1. The first-order valence-corrected chi connectivity index (χ1v) is 7.55. The summed E-state index contributed by atoms with van der Waals surface area (Å²) in [7, 11) is 0. The molecule has 0 heterocycles. The molecule has 0 aliphatic heterocycles. The maximum Gasteiger partial charge on any atom is 0.327 e. The molecular weight excluding hydrogens is 254 g/mol. The number of hydrogen-bond acceptors (Lipinski definition) is 2. The van der Waals surface area contributed by atoms with E-state index in [-0.39, 0.29) is 18.2 Å². The molecule has 0 saturated heterocycles. The molecule has 4 nitrogen and oxygen atoms in total. The molecule has 1 rings (SSSR count). The third-order valence-corrected chi connectivity index (χ3v) is 4.12. The topological polar surface area (TPSA) is 66.4 Å². The van der Waals surface area contributed by atoms with E-state index in [1.54, 1.807) is 0 Å². The summed E-state index contributed by atoms with van der Waals surface area (Å²) in [4.78, 5) is 23.0. The zero-order chi connectivity index (χ0) is 15.0. The predicted octanol–water partition coefficient (Wildman–Crippen LogP) is 2.58. The van der Waals surface area contributed by atoms with Crippen LogP contribution in [0.1, 0.15) is 58.3 Å². The second-order valence-electron chi connectivity index (χ2n) is 5.67. The second kappa shape index (κ2) is 8.63. The van der Waals surface area contributed by atoms with Crippen LogP contribution < -0.4 is 5.32 Å². The van der Waals surface area contributed by atoms with Crippen molar-refractivity contribution < 1.29 is 14.7 Å². The zero-order valence-corrected chi connectivity index (χ0v) is 12.2. The van der Waals surface area contributed by atoms with Crippen molar-refractivity contribution in [3.05, 3.63) is 0 Å². The summed E-state index contributed by atoms with van der Waals surface area (Å²) in [6.07, 6.45) is 12.8. The molecule has 1 aliphatic rings. The highest BCUT2D eigenvalue weighted by atomic mass is 16.4. The number of aliphatic carboxylic acids is 1. The largest absolute Gasteiger partial charge is 0.480 e. The molecule has 0 aromatic carbocycles. The first-order chi connectivity index (χ1) is 9.58. The molecule has 20 heavy (non-hydrogen) atoms. The minimum absolute atomic E-state index is 0.0346. The fraction of sp³-hybridized carbons (Fsp3) is 0.750. The maximum absolute atomic E-state index is 12.1. The van der Waals surface area contributed by atoms with Gasteiger partial charge in [0.2, 0.25) is 5.91 Å². The first kappa shape index (κ1) is 16.6. The highest BCUT2D eigenvalue weighted by Gasteiger charge is 2.28. The van der Waals surface area contributed by atoms with Crippen molar-refractivity contribution in [2.24, 2.45) is 11.8 Å². The number of hydrogen-bond donors (Lipinski definition) is 2. The van der Waals surface area contributed by atoms with Gasteiger partial charge in [-0.2, -0.15) is 0 Å². The van der Waals surface area contributed by atoms with Crippen molar-refractivity contribution in [2.45, 2.75) is 64.3 Å². The van der Waals surface area contributed by atoms with Gasteiger partial charge < -0.3 is 10.4 Å². The third-order valence-electron chi connectivity index (χ3n) is 4.12. The quantitative estimate of drug-likeness (QED) is 0.704. The summed E-state index contributed by atoms with van der Waals surface area (Å²) in [5.74, 6) is 1.77. The van der Waals surface area contributed by atoms with Crippen LogP contribution in [-0.4, -0.2) is 23.0 Å². The van der Waals surface area contributed by atoms with Gasteiger partial charge in [0, 0.05) is 12.3 Å². The molecule has 0 aromatic heterocycles. The van der Waals surface area contributed by atoms with Gasteiger partial charge in [-0.05, 0) is 31.6 Å². The van der Waals surface area contributed by atoms with E-state index in [9.17, 15) is 9.59 Å². The minimum atomic E-state index is -1.06. The summed E-state index contributed by atoms with van der Waals surface area (Å²) in [5, 5.41) is 11.5. The molecule has 1 atom stereocenters. The van der Waals surface area contributed by atoms with Gasteiger partial charge in [-0.25, -0.2) is 4.79 Å². The molecule has 1 unspecified atom stereocenters. The van der Waals surface area contributed by atoms with Crippen LogP contribution in [-0.2, 0) is 9.59 Å².